The van der Waals surface area contributed by atoms with E-state index < -0.39 is 0 Å². The van der Waals surface area contributed by atoms with Gasteiger partial charge in [-0.2, -0.15) is 0 Å². The molecule has 2 N–H and O–H groups in total. The molecule has 0 saturated carbocycles. The molecule has 0 radical (unpaired) electrons. The topological polar surface area (TPSA) is 39.7 Å². The maximum Gasteiger partial charge on any atom is 0.135 e. The lowest BCUT2D eigenvalue weighted by atomic mass is 10.1. The fourth-order valence-electron chi connectivity index (χ4n) is 1.01. The van der Waals surface area contributed by atoms with Gasteiger partial charge in [-0.25, -0.2) is 0 Å². The quantitative estimate of drug-likeness (QED) is 0.455. The molecule has 0 aliphatic heterocycles. The lowest BCUT2D eigenvalue weighted by Gasteiger charge is -2.07. The van der Waals surface area contributed by atoms with Gasteiger partial charge in [0.1, 0.15) is 5.69 Å². The van der Waals surface area contributed by atoms with Crippen LogP contribution in [0.5, 0.6) is 0 Å². The molecule has 0 spiro atoms. The van der Waals surface area contributed by atoms with E-state index in [-0.39, 0.29) is 0 Å². The van der Waals surface area contributed by atoms with E-state index in [2.05, 4.69) is 0 Å². The maximum atomic E-state index is 10.4. The van der Waals surface area contributed by atoms with Gasteiger partial charge in [0.15, 0.2) is 0 Å². The van der Waals surface area contributed by atoms with Crippen LogP contribution in [-0.4, -0.2) is 0 Å². The molecule has 0 atom stereocenters. The van der Waals surface area contributed by atoms with Gasteiger partial charge in [-0.1, -0.05) is 18.2 Å². The molecule has 0 saturated heterocycles. The molecule has 1 aromatic rings. The number of aryl methyl sites for hydroxylation is 2. The van der Waals surface area contributed by atoms with E-state index >= 15 is 0 Å². The van der Waals surface area contributed by atoms with Crippen LogP contribution in [0.1, 0.15) is 11.1 Å². The van der Waals surface area contributed by atoms with Crippen molar-refractivity contribution in [2.24, 2.45) is 0 Å². The van der Waals surface area contributed by atoms with Gasteiger partial charge in [0.05, 0.1) is 0 Å². The minimum absolute atomic E-state index is 0.822. The highest BCUT2D eigenvalue weighted by atomic mass is 16.5. The first kappa shape index (κ1) is 7.25. The van der Waals surface area contributed by atoms with E-state index in [1.807, 2.05) is 32.0 Å². The zero-order chi connectivity index (χ0) is 7.56. The van der Waals surface area contributed by atoms with Crippen molar-refractivity contribution in [2.75, 3.05) is 0 Å². The van der Waals surface area contributed by atoms with Crippen molar-refractivity contribution in [3.63, 3.8) is 0 Å². The minimum Gasteiger partial charge on any atom is -0.630 e. The molecule has 1 aromatic carbocycles. The van der Waals surface area contributed by atoms with Crippen molar-refractivity contribution in [1.29, 1.82) is 0 Å². The van der Waals surface area contributed by atoms with E-state index in [1.54, 1.807) is 0 Å². The molecular weight excluding hydrogens is 126 g/mol. The number of hydrogen-bond acceptors (Lipinski definition) is 1. The predicted octanol–water partition coefficient (Wildman–Crippen LogP) is 0.996. The number of quaternary nitrogens is 1. The zero-order valence-corrected chi connectivity index (χ0v) is 6.22. The first-order valence-electron chi connectivity index (χ1n) is 3.27. The Labute approximate surface area is 60.5 Å². The lowest BCUT2D eigenvalue weighted by molar-refractivity contribution is -0.498. The average molecular weight is 137 g/mol. The van der Waals surface area contributed by atoms with Crippen molar-refractivity contribution in [3.8, 4) is 0 Å². The number of hydrogen-bond donors (Lipinski definition) is 1. The summed E-state index contributed by atoms with van der Waals surface area (Å²) in [5.41, 5.74) is 3.83. The second-order valence-electron chi connectivity index (χ2n) is 2.42. The summed E-state index contributed by atoms with van der Waals surface area (Å²) in [6, 6.07) is 5.84. The normalized spacial score (nSPS) is 9.90. The summed E-state index contributed by atoms with van der Waals surface area (Å²) in [5.74, 6) is 0. The third-order valence-corrected chi connectivity index (χ3v) is 1.66. The van der Waals surface area contributed by atoms with Gasteiger partial charge in [0, 0.05) is 11.1 Å². The molecule has 0 amide bonds. The Kier molecular flexibility index (Phi) is 2.04. The van der Waals surface area contributed by atoms with Gasteiger partial charge < -0.3 is 10.7 Å². The summed E-state index contributed by atoms with van der Waals surface area (Å²) < 4.78 is 0. The van der Waals surface area contributed by atoms with E-state index in [4.69, 9.17) is 0 Å². The van der Waals surface area contributed by atoms with Gasteiger partial charge in [-0.15, -0.1) is 0 Å². The largest absolute Gasteiger partial charge is 0.630 e. The van der Waals surface area contributed by atoms with Crippen molar-refractivity contribution in [2.45, 2.75) is 13.8 Å². The molecule has 10 heavy (non-hydrogen) atoms. The maximum absolute atomic E-state index is 10.4. The molecule has 0 aliphatic carbocycles. The van der Waals surface area contributed by atoms with Crippen molar-refractivity contribution >= 4 is 5.69 Å². The smallest absolute Gasteiger partial charge is 0.135 e. The Bertz CT molecular complexity index is 212. The number of benzene rings is 1. The highest BCUT2D eigenvalue weighted by molar-refractivity contribution is 5.45. The fraction of sp³-hybridized carbons (Fsp3) is 0.250. The summed E-state index contributed by atoms with van der Waals surface area (Å²) in [7, 11) is 0. The summed E-state index contributed by atoms with van der Waals surface area (Å²) in [4.78, 5) is 0. The Balaban J connectivity index is 3.17. The molecule has 0 unspecified atom stereocenters. The Morgan fingerprint density at radius 2 is 1.70 bits per heavy atom. The molecule has 1 rings (SSSR count). The van der Waals surface area contributed by atoms with Crippen LogP contribution >= 0.6 is 0 Å². The van der Waals surface area contributed by atoms with E-state index in [0.29, 0.717) is 0 Å². The van der Waals surface area contributed by atoms with E-state index in [9.17, 15) is 5.21 Å². The average Bonchev–Trinajstić information content (AvgIpc) is 1.88. The van der Waals surface area contributed by atoms with Gasteiger partial charge in [0.2, 0.25) is 0 Å². The van der Waals surface area contributed by atoms with Crippen LogP contribution < -0.4 is 5.48 Å². The van der Waals surface area contributed by atoms with Gasteiger partial charge in [-0.3, -0.25) is 0 Å². The minimum atomic E-state index is 0.822. The summed E-state index contributed by atoms with van der Waals surface area (Å²) in [5, 5.41) is 10.4. The third-order valence-electron chi connectivity index (χ3n) is 1.66. The predicted molar refractivity (Wildman–Crippen MR) is 40.9 cm³/mol. The summed E-state index contributed by atoms with van der Waals surface area (Å²) in [6.07, 6.45) is 0. The van der Waals surface area contributed by atoms with Crippen LogP contribution in [0, 0.1) is 19.1 Å². The summed E-state index contributed by atoms with van der Waals surface area (Å²) >= 11 is 0. The Hall–Kier alpha value is -0.860. The van der Waals surface area contributed by atoms with Crippen LogP contribution in [0.15, 0.2) is 18.2 Å². The van der Waals surface area contributed by atoms with Gasteiger partial charge in [0.25, 0.3) is 0 Å². The molecule has 0 bridgehead atoms. The monoisotopic (exact) mass is 137 g/mol. The third kappa shape index (κ3) is 1.17. The van der Waals surface area contributed by atoms with Crippen molar-refractivity contribution in [1.82, 2.24) is 0 Å². The Morgan fingerprint density at radius 1 is 1.20 bits per heavy atom. The molecule has 2 nitrogen and oxygen atoms in total. The molecule has 0 fully saturated rings. The zero-order valence-electron chi connectivity index (χ0n) is 6.22. The lowest BCUT2D eigenvalue weighted by Crippen LogP contribution is -2.70. The van der Waals surface area contributed by atoms with E-state index in [1.165, 1.54) is 0 Å². The summed E-state index contributed by atoms with van der Waals surface area (Å²) in [6.45, 7) is 3.88. The Morgan fingerprint density at radius 3 is 2.00 bits per heavy atom. The standard InChI is InChI=1S/C8H11NO/c1-6-4-3-5-7(2)8(6)9-10/h3-5H,9H2,1-2H3. The molecule has 0 aromatic heterocycles. The number of nitrogens with two attached hydrogens (primary N) is 1. The first-order chi connectivity index (χ1) is 4.75. The molecule has 0 aliphatic rings. The van der Waals surface area contributed by atoms with Crippen molar-refractivity contribution in [3.05, 3.63) is 34.5 Å². The molecule has 2 heteroatoms. The molecule has 0 heterocycles. The van der Waals surface area contributed by atoms with Crippen LogP contribution in [0.4, 0.5) is 5.69 Å². The van der Waals surface area contributed by atoms with Gasteiger partial charge >= 0.3 is 0 Å². The highest BCUT2D eigenvalue weighted by Crippen LogP contribution is 2.12. The van der Waals surface area contributed by atoms with Crippen LogP contribution in [0.25, 0.3) is 0 Å². The first-order valence-corrected chi connectivity index (χ1v) is 3.27. The highest BCUT2D eigenvalue weighted by Gasteiger charge is 1.99. The van der Waals surface area contributed by atoms with Crippen molar-refractivity contribution < 1.29 is 5.48 Å². The molecular formula is C8H11NO. The van der Waals surface area contributed by atoms with E-state index in [0.717, 1.165) is 22.3 Å². The second-order valence-corrected chi connectivity index (χ2v) is 2.42. The van der Waals surface area contributed by atoms with Crippen LogP contribution in [0.3, 0.4) is 0 Å². The fourth-order valence-corrected chi connectivity index (χ4v) is 1.01. The van der Waals surface area contributed by atoms with Crippen LogP contribution in [-0.2, 0) is 0 Å². The number of rotatable bonds is 1. The SMILES string of the molecule is Cc1cccc(C)c1[NH2+][O-]. The van der Waals surface area contributed by atoms with Crippen LogP contribution in [0.2, 0.25) is 0 Å². The second kappa shape index (κ2) is 2.82. The van der Waals surface area contributed by atoms with Gasteiger partial charge in [-0.05, 0) is 13.8 Å². The molecule has 54 valence electrons.